The molecule has 0 bridgehead atoms. The van der Waals surface area contributed by atoms with Gasteiger partial charge in [-0.25, -0.2) is 9.29 Å². The van der Waals surface area contributed by atoms with Gasteiger partial charge >= 0.3 is 10.4 Å². The molecule has 1 aromatic heterocycles. The zero-order valence-corrected chi connectivity index (χ0v) is 26.2. The predicted octanol–water partition coefficient (Wildman–Crippen LogP) is 5.36. The van der Waals surface area contributed by atoms with Gasteiger partial charge in [-0.3, -0.25) is 0 Å². The van der Waals surface area contributed by atoms with Crippen LogP contribution in [0.2, 0.25) is 5.02 Å². The van der Waals surface area contributed by atoms with E-state index in [-0.39, 0.29) is 26.6 Å². The van der Waals surface area contributed by atoms with Gasteiger partial charge in [0.25, 0.3) is 0 Å². The summed E-state index contributed by atoms with van der Waals surface area (Å²) in [5.41, 5.74) is 3.74. The zero-order valence-electron chi connectivity index (χ0n) is 22.3. The molecule has 39 heavy (non-hydrogen) atoms. The third kappa shape index (κ3) is 7.58. The maximum Gasteiger partial charge on any atom is 0.399 e. The second kappa shape index (κ2) is 12.8. The molecule has 1 aliphatic rings. The van der Waals surface area contributed by atoms with Gasteiger partial charge in [0.15, 0.2) is 5.82 Å². The van der Waals surface area contributed by atoms with Crippen LogP contribution in [0, 0.1) is 0 Å². The summed E-state index contributed by atoms with van der Waals surface area (Å²) in [7, 11) is -0.997. The monoisotopic (exact) mass is 616 g/mol. The largest absolute Gasteiger partial charge is 0.495 e. The Bertz CT molecular complexity index is 1450. The lowest BCUT2D eigenvalue weighted by Crippen LogP contribution is -2.26. The van der Waals surface area contributed by atoms with E-state index < -0.39 is 18.6 Å². The minimum atomic E-state index is -4.93. The highest BCUT2D eigenvalue weighted by Crippen LogP contribution is 2.40. The average Bonchev–Trinajstić information content (AvgIpc) is 2.85. The van der Waals surface area contributed by atoms with E-state index in [0.717, 1.165) is 32.2 Å². The summed E-state index contributed by atoms with van der Waals surface area (Å²) in [4.78, 5) is 11.1. The quantitative estimate of drug-likeness (QED) is 0.243. The van der Waals surface area contributed by atoms with E-state index in [1.165, 1.54) is 29.5 Å². The number of nitrogens with one attached hydrogen (secondary N) is 2. The molecule has 0 amide bonds. The Labute approximate surface area is 238 Å². The van der Waals surface area contributed by atoms with E-state index in [0.29, 0.717) is 27.3 Å². The van der Waals surface area contributed by atoms with Crippen molar-refractivity contribution in [2.24, 2.45) is 0 Å². The van der Waals surface area contributed by atoms with Gasteiger partial charge in [-0.1, -0.05) is 15.5 Å². The van der Waals surface area contributed by atoms with Crippen LogP contribution in [0.5, 0.6) is 11.5 Å². The van der Waals surface area contributed by atoms with Crippen molar-refractivity contribution in [3.63, 3.8) is 0 Å². The van der Waals surface area contributed by atoms with Crippen molar-refractivity contribution >= 4 is 68.9 Å². The molecule has 15 heteroatoms. The third-order valence-electron chi connectivity index (χ3n) is 5.91. The van der Waals surface area contributed by atoms with Crippen molar-refractivity contribution in [3.8, 4) is 11.5 Å². The highest BCUT2D eigenvalue weighted by atomic mass is 35.5. The second-order valence-electron chi connectivity index (χ2n) is 8.94. The zero-order chi connectivity index (χ0) is 27.6. The van der Waals surface area contributed by atoms with Crippen molar-refractivity contribution in [1.82, 2.24) is 14.9 Å². The molecule has 4 rings (SSSR count). The first-order valence-corrected chi connectivity index (χ1v) is 15.4. The number of hydrogen-bond donors (Lipinski definition) is 2. The van der Waals surface area contributed by atoms with Gasteiger partial charge in [0, 0.05) is 26.2 Å². The molecule has 0 aliphatic carbocycles. The molecule has 2 N–H and O–H groups in total. The van der Waals surface area contributed by atoms with Gasteiger partial charge in [-0.15, -0.1) is 0 Å². The van der Waals surface area contributed by atoms with Gasteiger partial charge in [0.05, 0.1) is 38.5 Å². The lowest BCUT2D eigenvalue weighted by molar-refractivity contribution is 0.312. The highest BCUT2D eigenvalue weighted by Gasteiger charge is 2.20. The number of ether oxygens (including phenoxy) is 1. The molecule has 3 aromatic rings. The van der Waals surface area contributed by atoms with Gasteiger partial charge in [-0.05, 0) is 62.2 Å². The van der Waals surface area contributed by atoms with Gasteiger partial charge < -0.3 is 24.8 Å². The van der Waals surface area contributed by atoms with Crippen LogP contribution in [0.4, 0.5) is 32.7 Å². The molecule has 1 atom stereocenters. The van der Waals surface area contributed by atoms with Crippen LogP contribution in [0.3, 0.4) is 0 Å². The van der Waals surface area contributed by atoms with Crippen LogP contribution >= 0.6 is 29.6 Å². The topological polar surface area (TPSA) is 109 Å². The molecule has 1 unspecified atom stereocenters. The van der Waals surface area contributed by atoms with Crippen LogP contribution in [0.25, 0.3) is 0 Å². The summed E-state index contributed by atoms with van der Waals surface area (Å²) in [5, 5.41) is 6.60. The van der Waals surface area contributed by atoms with E-state index in [1.807, 2.05) is 25.5 Å². The van der Waals surface area contributed by atoms with E-state index in [2.05, 4.69) is 32.5 Å². The van der Waals surface area contributed by atoms with Gasteiger partial charge in [-0.2, -0.15) is 23.3 Å². The van der Waals surface area contributed by atoms with E-state index >= 15 is 0 Å². The molecule has 0 spiro atoms. The van der Waals surface area contributed by atoms with Crippen LogP contribution in [-0.2, 0) is 23.4 Å². The summed E-state index contributed by atoms with van der Waals surface area (Å²) >= 11 is 6.40. The summed E-state index contributed by atoms with van der Waals surface area (Å²) in [6.07, 6.45) is 2.41. The Morgan fingerprint density at radius 3 is 2.54 bits per heavy atom. The summed E-state index contributed by atoms with van der Waals surface area (Å²) < 4.78 is 48.3. The molecule has 0 radical (unpaired) electrons. The first-order chi connectivity index (χ1) is 17.9. The summed E-state index contributed by atoms with van der Waals surface area (Å²) in [5.74, 6) is 1.58. The number of fused-ring (bicyclic) bond motifs is 1. The number of anilines is 5. The van der Waals surface area contributed by atoms with E-state index in [4.69, 9.17) is 20.9 Å². The molecular formula is C24H32ClFN6O4P2S. The number of hydrogen-bond acceptors (Lipinski definition) is 9. The van der Waals surface area contributed by atoms with Gasteiger partial charge in [0.2, 0.25) is 5.95 Å². The lowest BCUT2D eigenvalue weighted by Gasteiger charge is -2.26. The number of rotatable bonds is 9. The number of aromatic nitrogens is 2. The molecular weight excluding hydrogens is 585 g/mol. The summed E-state index contributed by atoms with van der Waals surface area (Å²) in [6, 6.07) is 8.53. The van der Waals surface area contributed by atoms with Crippen LogP contribution in [-0.4, -0.2) is 64.4 Å². The molecule has 2 aromatic carbocycles. The molecule has 2 heterocycles. The SMILES string of the molecule is COc1cc2c(cc1Nc1ncc(Cl)c(Nc3ccc(N(C)S(=O)(=O)F)cc3OP(C)C)n1)CN(C)CC2.P. The summed E-state index contributed by atoms with van der Waals surface area (Å²) in [6.45, 7) is 5.58. The maximum absolute atomic E-state index is 13.5. The number of benzene rings is 2. The van der Waals surface area contributed by atoms with Crippen molar-refractivity contribution < 1.29 is 21.6 Å². The minimum Gasteiger partial charge on any atom is -0.495 e. The number of halogens is 2. The molecule has 1 aliphatic heterocycles. The van der Waals surface area contributed by atoms with Crippen LogP contribution < -0.4 is 24.2 Å². The average molecular weight is 617 g/mol. The first kappa shape index (κ1) is 31.0. The molecule has 0 saturated heterocycles. The minimum absolute atomic E-state index is 0. The highest BCUT2D eigenvalue weighted by molar-refractivity contribution is 7.87. The van der Waals surface area contributed by atoms with Gasteiger partial charge in [0.1, 0.15) is 16.5 Å². The van der Waals surface area contributed by atoms with Crippen LogP contribution in [0.15, 0.2) is 36.5 Å². The second-order valence-corrected chi connectivity index (χ2v) is 12.5. The Balaban J connectivity index is 0.00000420. The standard InChI is InChI=1S/C24H29ClFN6O4PS.H3P/c1-31-9-8-15-11-21(35-3)20(10-16(15)14-31)29-24-27-13-18(25)23(30-24)28-19-7-6-17(32(2)38(26,33)34)12-22(19)36-37(4)5;/h6-7,10-13H,8-9,14H2,1-5H3,(H2,27,28,29,30);1H3. The molecule has 0 fully saturated rings. The molecule has 0 saturated carbocycles. The number of methoxy groups -OCH3 is 1. The van der Waals surface area contributed by atoms with Crippen molar-refractivity contribution in [2.75, 3.05) is 56.0 Å². The van der Waals surface area contributed by atoms with Crippen molar-refractivity contribution in [1.29, 1.82) is 0 Å². The number of nitrogens with zero attached hydrogens (tertiary/aromatic N) is 4. The van der Waals surface area contributed by atoms with E-state index in [9.17, 15) is 12.3 Å². The lowest BCUT2D eigenvalue weighted by atomic mass is 9.99. The van der Waals surface area contributed by atoms with Crippen LogP contribution in [0.1, 0.15) is 11.1 Å². The van der Waals surface area contributed by atoms with Crippen molar-refractivity contribution in [2.45, 2.75) is 13.0 Å². The Hall–Kier alpha value is -2.49. The first-order valence-electron chi connectivity index (χ1n) is 11.6. The van der Waals surface area contributed by atoms with Crippen molar-refractivity contribution in [3.05, 3.63) is 52.7 Å². The van der Waals surface area contributed by atoms with E-state index in [1.54, 1.807) is 13.2 Å². The fourth-order valence-electron chi connectivity index (χ4n) is 3.97. The fourth-order valence-corrected chi connectivity index (χ4v) is 5.01. The normalized spacial score (nSPS) is 13.3. The Morgan fingerprint density at radius 2 is 1.87 bits per heavy atom. The predicted molar refractivity (Wildman–Crippen MR) is 162 cm³/mol. The maximum atomic E-state index is 13.5. The fraction of sp³-hybridized carbons (Fsp3) is 0.333. The third-order valence-corrected chi connectivity index (χ3v) is 7.61. The molecule has 212 valence electrons. The number of likely N-dealkylation sites (N-methyl/N-ethyl adjacent to an activating group) is 1. The molecule has 10 nitrogen and oxygen atoms in total. The Morgan fingerprint density at radius 1 is 1.13 bits per heavy atom. The Kier molecular flexibility index (Phi) is 10.2. The smallest absolute Gasteiger partial charge is 0.399 e.